The van der Waals surface area contributed by atoms with Crippen LogP contribution in [0.25, 0.3) is 0 Å². The maximum absolute atomic E-state index is 12.3. The van der Waals surface area contributed by atoms with E-state index in [1.165, 1.54) is 12.1 Å². The van der Waals surface area contributed by atoms with Crippen LogP contribution in [0, 0.1) is 0 Å². The molecule has 0 bridgehead atoms. The molecule has 0 radical (unpaired) electrons. The minimum atomic E-state index is -0.131. The first-order chi connectivity index (χ1) is 8.49. The molecule has 1 rings (SSSR count). The Balaban J connectivity index is 2.96. The Kier molecular flexibility index (Phi) is 5.85. The third kappa shape index (κ3) is 3.83. The fraction of sp³-hybridized carbons (Fsp3) is 0.500. The van der Waals surface area contributed by atoms with Crippen molar-refractivity contribution in [2.24, 2.45) is 0 Å². The highest BCUT2D eigenvalue weighted by Crippen LogP contribution is 2.17. The van der Waals surface area contributed by atoms with Gasteiger partial charge in [-0.25, -0.2) is 4.98 Å². The highest BCUT2D eigenvalue weighted by molar-refractivity contribution is 6.33. The van der Waals surface area contributed by atoms with Crippen LogP contribution in [0.5, 0.6) is 0 Å². The van der Waals surface area contributed by atoms with Gasteiger partial charge in [0.15, 0.2) is 0 Å². The topological polar surface area (TPSA) is 42.4 Å². The van der Waals surface area contributed by atoms with E-state index in [0.717, 1.165) is 0 Å². The summed E-state index contributed by atoms with van der Waals surface area (Å²) in [6, 6.07) is 3.01. The van der Waals surface area contributed by atoms with Crippen LogP contribution in [-0.2, 0) is 4.74 Å². The lowest BCUT2D eigenvalue weighted by atomic mass is 10.2. The van der Waals surface area contributed by atoms with Crippen molar-refractivity contribution in [2.75, 3.05) is 20.3 Å². The molecule has 4 nitrogen and oxygen atoms in total. The number of pyridine rings is 1. The summed E-state index contributed by atoms with van der Waals surface area (Å²) >= 11 is 11.6. The Morgan fingerprint density at radius 2 is 2.00 bits per heavy atom. The molecule has 1 unspecified atom stereocenters. The molecule has 0 fully saturated rings. The van der Waals surface area contributed by atoms with E-state index in [0.29, 0.717) is 18.7 Å². The second-order valence-corrected chi connectivity index (χ2v) is 4.67. The molecule has 0 aliphatic heterocycles. The molecule has 1 aromatic rings. The number of hydrogen-bond donors (Lipinski definition) is 0. The van der Waals surface area contributed by atoms with Crippen LogP contribution in [0.15, 0.2) is 12.1 Å². The van der Waals surface area contributed by atoms with Gasteiger partial charge < -0.3 is 9.64 Å². The first-order valence-electron chi connectivity index (χ1n) is 5.62. The summed E-state index contributed by atoms with van der Waals surface area (Å²) in [7, 11) is 1.61. The van der Waals surface area contributed by atoms with Crippen molar-refractivity contribution >= 4 is 29.1 Å². The predicted molar refractivity (Wildman–Crippen MR) is 72.3 cm³/mol. The van der Waals surface area contributed by atoms with E-state index >= 15 is 0 Å². The molecule has 0 aliphatic carbocycles. The highest BCUT2D eigenvalue weighted by atomic mass is 35.5. The number of ether oxygens (including phenoxy) is 1. The van der Waals surface area contributed by atoms with Gasteiger partial charge in [-0.15, -0.1) is 0 Å². The summed E-state index contributed by atoms with van der Waals surface area (Å²) in [6.07, 6.45) is 0. The van der Waals surface area contributed by atoms with Crippen molar-refractivity contribution in [1.82, 2.24) is 9.88 Å². The van der Waals surface area contributed by atoms with Gasteiger partial charge in [0.2, 0.25) is 0 Å². The van der Waals surface area contributed by atoms with Gasteiger partial charge in [0.25, 0.3) is 5.91 Å². The largest absolute Gasteiger partial charge is 0.383 e. The van der Waals surface area contributed by atoms with Gasteiger partial charge in [-0.3, -0.25) is 4.79 Å². The van der Waals surface area contributed by atoms with E-state index in [9.17, 15) is 4.79 Å². The van der Waals surface area contributed by atoms with Crippen molar-refractivity contribution in [3.05, 3.63) is 28.0 Å². The molecule has 0 saturated heterocycles. The van der Waals surface area contributed by atoms with E-state index in [1.54, 1.807) is 12.0 Å². The zero-order chi connectivity index (χ0) is 13.7. The number of nitrogens with zero attached hydrogens (tertiary/aromatic N) is 2. The zero-order valence-corrected chi connectivity index (χ0v) is 12.1. The third-order valence-electron chi connectivity index (χ3n) is 2.55. The minimum Gasteiger partial charge on any atom is -0.383 e. The molecule has 1 aromatic heterocycles. The number of halogens is 2. The maximum atomic E-state index is 12.3. The molecule has 0 aromatic carbocycles. The number of carbonyl (C=O) groups is 1. The summed E-state index contributed by atoms with van der Waals surface area (Å²) in [5.74, 6) is -0.131. The van der Waals surface area contributed by atoms with E-state index in [2.05, 4.69) is 4.98 Å². The number of hydrogen-bond acceptors (Lipinski definition) is 3. The van der Waals surface area contributed by atoms with Gasteiger partial charge in [0, 0.05) is 19.2 Å². The first kappa shape index (κ1) is 15.2. The van der Waals surface area contributed by atoms with Crippen molar-refractivity contribution in [2.45, 2.75) is 19.9 Å². The Hall–Kier alpha value is -0.840. The van der Waals surface area contributed by atoms with Gasteiger partial charge in [-0.2, -0.15) is 0 Å². The second kappa shape index (κ2) is 6.92. The molecule has 1 heterocycles. The van der Waals surface area contributed by atoms with Crippen LogP contribution in [0.4, 0.5) is 0 Å². The molecular formula is C12H16Cl2N2O2. The molecule has 1 atom stereocenters. The van der Waals surface area contributed by atoms with Gasteiger partial charge in [-0.05, 0) is 26.0 Å². The van der Waals surface area contributed by atoms with Crippen LogP contribution in [0.2, 0.25) is 10.3 Å². The lowest BCUT2D eigenvalue weighted by Gasteiger charge is -2.27. The Morgan fingerprint density at radius 1 is 1.44 bits per heavy atom. The van der Waals surface area contributed by atoms with Crippen molar-refractivity contribution in [3.8, 4) is 0 Å². The average molecular weight is 291 g/mol. The molecule has 0 spiro atoms. The van der Waals surface area contributed by atoms with Crippen LogP contribution in [-0.4, -0.2) is 42.1 Å². The number of carbonyl (C=O) groups excluding carboxylic acids is 1. The standard InChI is InChI=1S/C12H16Cl2N2O2/c1-4-16(8(2)7-18-3)12(17)9-5-10(13)15-11(14)6-9/h5-6,8H,4,7H2,1-3H3. The third-order valence-corrected chi connectivity index (χ3v) is 2.94. The summed E-state index contributed by atoms with van der Waals surface area (Å²) in [5, 5.41) is 0.419. The van der Waals surface area contributed by atoms with Crippen LogP contribution >= 0.6 is 23.2 Å². The SMILES string of the molecule is CCN(C(=O)c1cc(Cl)nc(Cl)c1)C(C)COC. The Bertz CT molecular complexity index is 406. The number of rotatable bonds is 5. The lowest BCUT2D eigenvalue weighted by molar-refractivity contribution is 0.0579. The molecule has 6 heteroatoms. The van der Waals surface area contributed by atoms with Gasteiger partial charge in [0.1, 0.15) is 10.3 Å². The van der Waals surface area contributed by atoms with Crippen molar-refractivity contribution in [1.29, 1.82) is 0 Å². The fourth-order valence-electron chi connectivity index (χ4n) is 1.74. The van der Waals surface area contributed by atoms with E-state index in [1.807, 2.05) is 13.8 Å². The van der Waals surface area contributed by atoms with Crippen LogP contribution < -0.4 is 0 Å². The van der Waals surface area contributed by atoms with E-state index < -0.39 is 0 Å². The summed E-state index contributed by atoms with van der Waals surface area (Å²) in [4.78, 5) is 17.8. The summed E-state index contributed by atoms with van der Waals surface area (Å²) < 4.78 is 5.06. The molecule has 0 saturated carbocycles. The smallest absolute Gasteiger partial charge is 0.254 e. The lowest BCUT2D eigenvalue weighted by Crippen LogP contribution is -2.40. The zero-order valence-electron chi connectivity index (χ0n) is 10.6. The highest BCUT2D eigenvalue weighted by Gasteiger charge is 2.20. The summed E-state index contributed by atoms with van der Waals surface area (Å²) in [5.41, 5.74) is 0.435. The molecule has 1 amide bonds. The van der Waals surface area contributed by atoms with E-state index in [-0.39, 0.29) is 22.3 Å². The first-order valence-corrected chi connectivity index (χ1v) is 6.38. The molecule has 0 aliphatic rings. The molecule has 100 valence electrons. The van der Waals surface area contributed by atoms with E-state index in [4.69, 9.17) is 27.9 Å². The van der Waals surface area contributed by atoms with Crippen molar-refractivity contribution < 1.29 is 9.53 Å². The van der Waals surface area contributed by atoms with Gasteiger partial charge in [-0.1, -0.05) is 23.2 Å². The number of likely N-dealkylation sites (N-methyl/N-ethyl adjacent to an activating group) is 1. The molecular weight excluding hydrogens is 275 g/mol. The normalized spacial score (nSPS) is 12.3. The fourth-order valence-corrected chi connectivity index (χ4v) is 2.20. The monoisotopic (exact) mass is 290 g/mol. The second-order valence-electron chi connectivity index (χ2n) is 3.90. The van der Waals surface area contributed by atoms with Gasteiger partial charge in [0.05, 0.1) is 12.6 Å². The summed E-state index contributed by atoms with van der Waals surface area (Å²) in [6.45, 7) is 4.90. The molecule has 18 heavy (non-hydrogen) atoms. The van der Waals surface area contributed by atoms with Crippen molar-refractivity contribution in [3.63, 3.8) is 0 Å². The average Bonchev–Trinajstić information content (AvgIpc) is 2.28. The molecule has 0 N–H and O–H groups in total. The number of aromatic nitrogens is 1. The van der Waals surface area contributed by atoms with Crippen LogP contribution in [0.3, 0.4) is 0 Å². The predicted octanol–water partition coefficient (Wildman–Crippen LogP) is 2.89. The van der Waals surface area contributed by atoms with Gasteiger partial charge >= 0.3 is 0 Å². The van der Waals surface area contributed by atoms with Crippen LogP contribution in [0.1, 0.15) is 24.2 Å². The number of methoxy groups -OCH3 is 1. The number of amides is 1. The Morgan fingerprint density at radius 3 is 2.44 bits per heavy atom. The minimum absolute atomic E-state index is 0.0155. The Labute approximate surface area is 117 Å². The quantitative estimate of drug-likeness (QED) is 0.783. The maximum Gasteiger partial charge on any atom is 0.254 e.